The average molecular weight is 729 g/mol. The molecular weight excluding hydrogens is 690 g/mol. The Kier molecular flexibility index (Phi) is 11.2. The van der Waals surface area contributed by atoms with E-state index >= 15 is 0 Å². The van der Waals surface area contributed by atoms with Crippen LogP contribution in [0.4, 0.5) is 5.69 Å². The Balaban J connectivity index is 1.48. The number of allylic oxidation sites excluding steroid dienone is 1. The van der Waals surface area contributed by atoms with Gasteiger partial charge in [0.2, 0.25) is 11.8 Å². The molecule has 250 valence electrons. The number of amides is 3. The lowest BCUT2D eigenvalue weighted by Gasteiger charge is -2.37. The van der Waals surface area contributed by atoms with Crippen molar-refractivity contribution in [1.82, 2.24) is 10.2 Å². The van der Waals surface area contributed by atoms with Crippen molar-refractivity contribution in [1.29, 1.82) is 0 Å². The van der Waals surface area contributed by atoms with E-state index in [2.05, 4.69) is 34.4 Å². The zero-order chi connectivity index (χ0) is 33.7. The standard InChI is InChI=1S/C35H39BrClN3O7/c1-3-5-16-27(42)46-21-25(22-12-7-6-8-13-22)38-32(43)28-29-33(44)40(18-11-19-41)31(35(29)20-23(36)30(28)47-35)34(45)39(17-4-2)26-15-10-9-14-24(26)37/h3-4,6-10,12-15,23,25,28-31,41H,1-2,5,11,16-21H2,(H,38,43)/t23?,25-,28-,29+,30-,31-,35+/m0/s1. The second kappa shape index (κ2) is 15.1. The van der Waals surface area contributed by atoms with Crippen LogP contribution in [-0.4, -0.2) is 82.6 Å². The number of alkyl halides is 1. The van der Waals surface area contributed by atoms with Crippen LogP contribution in [0.3, 0.4) is 0 Å². The van der Waals surface area contributed by atoms with Crippen molar-refractivity contribution in [2.75, 3.05) is 31.2 Å². The second-order valence-corrected chi connectivity index (χ2v) is 13.5. The number of para-hydroxylation sites is 1. The number of aliphatic hydroxyl groups is 1. The number of hydrogen-bond acceptors (Lipinski definition) is 7. The molecule has 3 aliphatic heterocycles. The number of carbonyl (C=O) groups excluding carboxylic acids is 4. The van der Waals surface area contributed by atoms with Gasteiger partial charge in [0.1, 0.15) is 18.2 Å². The van der Waals surface area contributed by atoms with Gasteiger partial charge in [0.15, 0.2) is 0 Å². The molecule has 7 atom stereocenters. The summed E-state index contributed by atoms with van der Waals surface area (Å²) in [4.78, 5) is 58.2. The summed E-state index contributed by atoms with van der Waals surface area (Å²) in [7, 11) is 0. The minimum absolute atomic E-state index is 0.0943. The Morgan fingerprint density at radius 1 is 1.17 bits per heavy atom. The van der Waals surface area contributed by atoms with Crippen LogP contribution in [0.2, 0.25) is 5.02 Å². The molecule has 0 saturated carbocycles. The molecule has 5 rings (SSSR count). The van der Waals surface area contributed by atoms with E-state index < -0.39 is 53.4 Å². The smallest absolute Gasteiger partial charge is 0.306 e. The van der Waals surface area contributed by atoms with Gasteiger partial charge in [-0.25, -0.2) is 0 Å². The van der Waals surface area contributed by atoms with E-state index in [4.69, 9.17) is 21.1 Å². The van der Waals surface area contributed by atoms with E-state index in [1.54, 1.807) is 36.4 Å². The highest BCUT2D eigenvalue weighted by Crippen LogP contribution is 2.60. The fourth-order valence-electron chi connectivity index (χ4n) is 7.09. The third-order valence-electron chi connectivity index (χ3n) is 9.09. The molecule has 3 amide bonds. The average Bonchev–Trinajstić information content (AvgIpc) is 3.67. The Bertz CT molecular complexity index is 1510. The number of fused-ring (bicyclic) bond motifs is 1. The Morgan fingerprint density at radius 2 is 1.89 bits per heavy atom. The molecule has 10 nitrogen and oxygen atoms in total. The van der Waals surface area contributed by atoms with Gasteiger partial charge in [-0.2, -0.15) is 0 Å². The summed E-state index contributed by atoms with van der Waals surface area (Å²) in [6.07, 6.45) is 3.69. The number of aliphatic hydroxyl groups excluding tert-OH is 1. The fourth-order valence-corrected chi connectivity index (χ4v) is 8.27. The van der Waals surface area contributed by atoms with Crippen LogP contribution in [0.15, 0.2) is 79.9 Å². The lowest BCUT2D eigenvalue weighted by molar-refractivity contribution is -0.145. The summed E-state index contributed by atoms with van der Waals surface area (Å²) in [5.41, 5.74) is -0.134. The highest BCUT2D eigenvalue weighted by atomic mass is 79.9. The minimum atomic E-state index is -1.31. The van der Waals surface area contributed by atoms with Gasteiger partial charge in [-0.3, -0.25) is 19.2 Å². The van der Waals surface area contributed by atoms with Crippen molar-refractivity contribution in [2.45, 2.75) is 54.3 Å². The molecule has 1 spiro atoms. The molecular formula is C35H39BrClN3O7. The van der Waals surface area contributed by atoms with Gasteiger partial charge >= 0.3 is 5.97 Å². The molecule has 3 saturated heterocycles. The van der Waals surface area contributed by atoms with Crippen LogP contribution in [0.1, 0.15) is 37.3 Å². The molecule has 47 heavy (non-hydrogen) atoms. The molecule has 0 aromatic heterocycles. The molecule has 2 bridgehead atoms. The van der Waals surface area contributed by atoms with Crippen molar-refractivity contribution in [3.63, 3.8) is 0 Å². The third kappa shape index (κ3) is 6.76. The molecule has 12 heteroatoms. The predicted octanol–water partition coefficient (Wildman–Crippen LogP) is 4.36. The molecule has 0 radical (unpaired) electrons. The molecule has 2 aromatic carbocycles. The zero-order valence-corrected chi connectivity index (χ0v) is 28.3. The van der Waals surface area contributed by atoms with Crippen molar-refractivity contribution in [3.05, 3.63) is 90.5 Å². The van der Waals surface area contributed by atoms with Crippen LogP contribution < -0.4 is 10.2 Å². The zero-order valence-electron chi connectivity index (χ0n) is 25.9. The van der Waals surface area contributed by atoms with Gasteiger partial charge in [0.25, 0.3) is 5.91 Å². The summed E-state index contributed by atoms with van der Waals surface area (Å²) in [6.45, 7) is 7.37. The maximum atomic E-state index is 14.6. The number of likely N-dealkylation sites (tertiary alicyclic amines) is 1. The van der Waals surface area contributed by atoms with Crippen molar-refractivity contribution < 1.29 is 33.8 Å². The van der Waals surface area contributed by atoms with Gasteiger partial charge in [0, 0.05) is 30.9 Å². The van der Waals surface area contributed by atoms with Crippen molar-refractivity contribution >= 4 is 56.9 Å². The molecule has 0 aliphatic carbocycles. The maximum absolute atomic E-state index is 14.6. The van der Waals surface area contributed by atoms with E-state index in [1.807, 2.05) is 30.3 Å². The maximum Gasteiger partial charge on any atom is 0.306 e. The molecule has 2 N–H and O–H groups in total. The summed E-state index contributed by atoms with van der Waals surface area (Å²) >= 11 is 10.2. The number of esters is 1. The summed E-state index contributed by atoms with van der Waals surface area (Å²) in [6, 6.07) is 14.3. The number of ether oxygens (including phenoxy) is 2. The number of nitrogens with zero attached hydrogens (tertiary/aromatic N) is 2. The van der Waals surface area contributed by atoms with Crippen molar-refractivity contribution in [3.8, 4) is 0 Å². The number of hydrogen-bond donors (Lipinski definition) is 2. The van der Waals surface area contributed by atoms with Crippen LogP contribution in [0, 0.1) is 11.8 Å². The first kappa shape index (κ1) is 34.8. The number of carbonyl (C=O) groups is 4. The van der Waals surface area contributed by atoms with Gasteiger partial charge in [-0.15, -0.1) is 13.2 Å². The Labute approximate surface area is 287 Å². The quantitative estimate of drug-likeness (QED) is 0.159. The second-order valence-electron chi connectivity index (χ2n) is 11.9. The van der Waals surface area contributed by atoms with Gasteiger partial charge in [-0.05, 0) is 37.0 Å². The van der Waals surface area contributed by atoms with Crippen LogP contribution in [0.5, 0.6) is 0 Å². The largest absolute Gasteiger partial charge is 0.463 e. The monoisotopic (exact) mass is 727 g/mol. The molecule has 3 heterocycles. The molecule has 2 aromatic rings. The van der Waals surface area contributed by atoms with E-state index in [-0.39, 0.29) is 49.9 Å². The van der Waals surface area contributed by atoms with E-state index in [9.17, 15) is 24.3 Å². The van der Waals surface area contributed by atoms with Gasteiger partial charge in [-0.1, -0.05) is 82.1 Å². The highest BCUT2D eigenvalue weighted by Gasteiger charge is 2.76. The fraction of sp³-hybridized carbons (Fsp3) is 0.429. The number of rotatable bonds is 15. The Morgan fingerprint density at radius 3 is 2.57 bits per heavy atom. The first-order valence-corrected chi connectivity index (χ1v) is 17.0. The van der Waals surface area contributed by atoms with Gasteiger partial charge in [0.05, 0.1) is 34.7 Å². The number of halogens is 2. The lowest BCUT2D eigenvalue weighted by atomic mass is 9.70. The first-order chi connectivity index (χ1) is 22.7. The molecule has 3 aliphatic rings. The Hall–Kier alpha value is -3.51. The molecule has 1 unspecified atom stereocenters. The van der Waals surface area contributed by atoms with Crippen molar-refractivity contribution in [2.24, 2.45) is 11.8 Å². The van der Waals surface area contributed by atoms with Crippen LogP contribution in [0.25, 0.3) is 0 Å². The number of anilines is 1. The summed E-state index contributed by atoms with van der Waals surface area (Å²) in [5.74, 6) is -3.56. The van der Waals surface area contributed by atoms with Gasteiger partial charge < -0.3 is 29.7 Å². The van der Waals surface area contributed by atoms with Crippen LogP contribution in [-0.2, 0) is 28.7 Å². The molecule has 3 fully saturated rings. The summed E-state index contributed by atoms with van der Waals surface area (Å²) in [5, 5.41) is 13.1. The normalized spacial score (nSPS) is 26.4. The summed E-state index contributed by atoms with van der Waals surface area (Å²) < 4.78 is 12.1. The topological polar surface area (TPSA) is 125 Å². The minimum Gasteiger partial charge on any atom is -0.463 e. The number of nitrogens with one attached hydrogen (secondary N) is 1. The highest BCUT2D eigenvalue weighted by molar-refractivity contribution is 9.09. The van der Waals surface area contributed by atoms with Crippen LogP contribution >= 0.6 is 27.5 Å². The SMILES string of the molecule is C=CCCC(=O)OC[C@H](NC(=O)[C@@H]1[C@H]2O[C@@]3(CC2Br)[C@H](C(=O)N(CC=C)c2ccccc2Cl)N(CCCO)C(=O)[C@@H]13)c1ccccc1. The van der Waals surface area contributed by atoms with E-state index in [0.717, 1.165) is 5.56 Å². The van der Waals surface area contributed by atoms with E-state index in [1.165, 1.54) is 9.80 Å². The third-order valence-corrected chi connectivity index (χ3v) is 10.3. The first-order valence-electron chi connectivity index (χ1n) is 15.7. The number of benzene rings is 2. The van der Waals surface area contributed by atoms with E-state index in [0.29, 0.717) is 23.6 Å². The predicted molar refractivity (Wildman–Crippen MR) is 181 cm³/mol. The lowest BCUT2D eigenvalue weighted by Crippen LogP contribution is -2.57.